The number of fused-ring (bicyclic) bond motifs is 2. The van der Waals surface area contributed by atoms with E-state index in [1.165, 1.54) is 4.40 Å². The molecule has 5 rings (SSSR count). The molecule has 2 N–H and O–H groups in total. The van der Waals surface area contributed by atoms with Crippen LogP contribution in [0.5, 0.6) is 0 Å². The maximum Gasteiger partial charge on any atom is 0.267 e. The van der Waals surface area contributed by atoms with E-state index in [0.717, 1.165) is 31.2 Å². The average molecular weight is 414 g/mol. The molecule has 31 heavy (non-hydrogen) atoms. The minimum atomic E-state index is -0.248. The van der Waals surface area contributed by atoms with Crippen molar-refractivity contribution in [1.29, 1.82) is 0 Å². The van der Waals surface area contributed by atoms with Gasteiger partial charge >= 0.3 is 0 Å². The lowest BCUT2D eigenvalue weighted by atomic mass is 10.1. The van der Waals surface area contributed by atoms with Crippen molar-refractivity contribution < 1.29 is 4.79 Å². The van der Waals surface area contributed by atoms with Gasteiger partial charge in [0.05, 0.1) is 10.9 Å². The van der Waals surface area contributed by atoms with E-state index in [1.54, 1.807) is 36.8 Å². The lowest BCUT2D eigenvalue weighted by Crippen LogP contribution is -2.33. The smallest absolute Gasteiger partial charge is 0.267 e. The molecule has 0 bridgehead atoms. The molecule has 0 saturated heterocycles. The molecule has 1 fully saturated rings. The zero-order valence-electron chi connectivity index (χ0n) is 16.9. The maximum atomic E-state index is 13.1. The molecular weight excluding hydrogens is 392 g/mol. The highest BCUT2D eigenvalue weighted by Crippen LogP contribution is 2.22. The highest BCUT2D eigenvalue weighted by molar-refractivity contribution is 6.02. The van der Waals surface area contributed by atoms with Crippen molar-refractivity contribution >= 4 is 28.4 Å². The van der Waals surface area contributed by atoms with Crippen LogP contribution in [0.15, 0.2) is 59.8 Å². The number of hydrogen-bond donors (Lipinski definition) is 2. The molecule has 0 spiro atoms. The summed E-state index contributed by atoms with van der Waals surface area (Å²) in [6.45, 7) is 0.447. The molecule has 0 unspecified atom stereocenters. The predicted octanol–water partition coefficient (Wildman–Crippen LogP) is 2.92. The Kier molecular flexibility index (Phi) is 5.03. The van der Waals surface area contributed by atoms with E-state index in [-0.39, 0.29) is 17.5 Å². The number of anilines is 1. The summed E-state index contributed by atoms with van der Waals surface area (Å²) in [5.41, 5.74) is 1.87. The molecule has 4 aromatic heterocycles. The first-order valence-electron chi connectivity index (χ1n) is 10.4. The lowest BCUT2D eigenvalue weighted by Gasteiger charge is -2.16. The Morgan fingerprint density at radius 2 is 2.00 bits per heavy atom. The molecule has 0 aliphatic heterocycles. The monoisotopic (exact) mass is 414 g/mol. The minimum absolute atomic E-state index is 0.158. The molecule has 4 aromatic rings. The molecule has 0 aromatic carbocycles. The van der Waals surface area contributed by atoms with Gasteiger partial charge < -0.3 is 10.6 Å². The number of carbonyl (C=O) groups is 1. The predicted molar refractivity (Wildman–Crippen MR) is 118 cm³/mol. The van der Waals surface area contributed by atoms with E-state index in [9.17, 15) is 9.59 Å². The first-order valence-corrected chi connectivity index (χ1v) is 10.4. The van der Waals surface area contributed by atoms with Crippen molar-refractivity contribution in [2.75, 3.05) is 5.32 Å². The maximum absolute atomic E-state index is 13.1. The van der Waals surface area contributed by atoms with Crippen molar-refractivity contribution in [2.45, 2.75) is 38.3 Å². The fourth-order valence-electron chi connectivity index (χ4n) is 4.01. The van der Waals surface area contributed by atoms with E-state index < -0.39 is 0 Å². The second kappa shape index (κ2) is 8.14. The Bertz CT molecular complexity index is 1310. The molecule has 0 atom stereocenters. The van der Waals surface area contributed by atoms with Crippen LogP contribution in [0.2, 0.25) is 0 Å². The molecule has 1 aliphatic carbocycles. The first-order chi connectivity index (χ1) is 15.2. The van der Waals surface area contributed by atoms with E-state index in [1.807, 2.05) is 18.2 Å². The number of rotatable bonds is 5. The summed E-state index contributed by atoms with van der Waals surface area (Å²) in [5.74, 6) is 0.173. The summed E-state index contributed by atoms with van der Waals surface area (Å²) in [5, 5.41) is 6.64. The number of hydrogen-bond acceptors (Lipinski definition) is 6. The summed E-state index contributed by atoms with van der Waals surface area (Å²) < 4.78 is 1.46. The third kappa shape index (κ3) is 3.84. The number of aromatic nitrogens is 4. The summed E-state index contributed by atoms with van der Waals surface area (Å²) in [7, 11) is 0. The van der Waals surface area contributed by atoms with Gasteiger partial charge in [0, 0.05) is 31.2 Å². The lowest BCUT2D eigenvalue weighted by molar-refractivity contribution is 0.0938. The molecule has 1 saturated carbocycles. The van der Waals surface area contributed by atoms with E-state index >= 15 is 0 Å². The molecule has 156 valence electrons. The number of nitrogens with one attached hydrogen (secondary N) is 2. The van der Waals surface area contributed by atoms with Gasteiger partial charge in [-0.25, -0.2) is 9.97 Å². The van der Waals surface area contributed by atoms with Gasteiger partial charge in [-0.05, 0) is 42.7 Å². The zero-order chi connectivity index (χ0) is 21.2. The van der Waals surface area contributed by atoms with E-state index in [4.69, 9.17) is 0 Å². The van der Waals surface area contributed by atoms with Crippen LogP contribution in [-0.4, -0.2) is 31.3 Å². The standard InChI is InChI=1S/C23H22N6O2/c30-22(26-16-7-1-2-8-16)17-12-18-21(27-19-9-3-4-11-29(19)23(18)31)28-20(17)25-14-15-6-5-10-24-13-15/h3-6,9-13,16H,1-2,7-8,14H2,(H,25,28)(H,26,30). The quantitative estimate of drug-likeness (QED) is 0.487. The van der Waals surface area contributed by atoms with Gasteiger partial charge in [-0.1, -0.05) is 25.0 Å². The highest BCUT2D eigenvalue weighted by Gasteiger charge is 2.22. The van der Waals surface area contributed by atoms with Crippen molar-refractivity contribution in [3.05, 3.63) is 76.5 Å². The zero-order valence-corrected chi connectivity index (χ0v) is 16.9. The van der Waals surface area contributed by atoms with Crippen LogP contribution in [0.25, 0.3) is 16.7 Å². The summed E-state index contributed by atoms with van der Waals surface area (Å²) >= 11 is 0. The van der Waals surface area contributed by atoms with Crippen molar-refractivity contribution in [3.63, 3.8) is 0 Å². The van der Waals surface area contributed by atoms with Gasteiger partial charge in [-0.2, -0.15) is 0 Å². The van der Waals surface area contributed by atoms with Crippen LogP contribution in [-0.2, 0) is 6.54 Å². The average Bonchev–Trinajstić information content (AvgIpc) is 3.31. The van der Waals surface area contributed by atoms with Crippen LogP contribution < -0.4 is 16.2 Å². The number of pyridine rings is 3. The summed E-state index contributed by atoms with van der Waals surface area (Å²) in [6.07, 6.45) is 9.30. The first kappa shape index (κ1) is 19.2. The fraction of sp³-hybridized carbons (Fsp3) is 0.261. The Balaban J connectivity index is 1.59. The molecule has 1 aliphatic rings. The summed E-state index contributed by atoms with van der Waals surface area (Å²) in [6, 6.07) is 10.9. The van der Waals surface area contributed by atoms with Crippen LogP contribution in [0, 0.1) is 0 Å². The molecule has 8 nitrogen and oxygen atoms in total. The number of carbonyl (C=O) groups excluding carboxylic acids is 1. The van der Waals surface area contributed by atoms with E-state index in [2.05, 4.69) is 25.6 Å². The van der Waals surface area contributed by atoms with Crippen LogP contribution in [0.3, 0.4) is 0 Å². The highest BCUT2D eigenvalue weighted by atomic mass is 16.2. The topological polar surface area (TPSA) is 101 Å². The Morgan fingerprint density at radius 1 is 1.13 bits per heavy atom. The van der Waals surface area contributed by atoms with Crippen molar-refractivity contribution in [1.82, 2.24) is 24.7 Å². The summed E-state index contributed by atoms with van der Waals surface area (Å²) in [4.78, 5) is 39.4. The van der Waals surface area contributed by atoms with Gasteiger partial charge in [0.15, 0.2) is 5.65 Å². The van der Waals surface area contributed by atoms with Crippen LogP contribution in [0.1, 0.15) is 41.6 Å². The SMILES string of the molecule is O=C(NC1CCCC1)c1cc2c(=O)n3ccccc3nc2nc1NCc1cccnc1. The molecular formula is C23H22N6O2. The van der Waals surface area contributed by atoms with Crippen molar-refractivity contribution in [2.24, 2.45) is 0 Å². The van der Waals surface area contributed by atoms with E-state index in [0.29, 0.717) is 34.6 Å². The van der Waals surface area contributed by atoms with Gasteiger partial charge in [0.2, 0.25) is 0 Å². The number of amides is 1. The molecule has 0 radical (unpaired) electrons. The largest absolute Gasteiger partial charge is 0.365 e. The third-order valence-electron chi connectivity index (χ3n) is 5.63. The normalized spacial score (nSPS) is 14.2. The molecule has 4 heterocycles. The van der Waals surface area contributed by atoms with Crippen LogP contribution >= 0.6 is 0 Å². The fourth-order valence-corrected chi connectivity index (χ4v) is 4.01. The van der Waals surface area contributed by atoms with Crippen LogP contribution in [0.4, 0.5) is 5.82 Å². The van der Waals surface area contributed by atoms with Gasteiger partial charge in [-0.3, -0.25) is 19.0 Å². The van der Waals surface area contributed by atoms with Gasteiger partial charge in [0.25, 0.3) is 11.5 Å². The number of nitrogens with zero attached hydrogens (tertiary/aromatic N) is 4. The second-order valence-corrected chi connectivity index (χ2v) is 7.77. The Labute approximate surface area is 178 Å². The minimum Gasteiger partial charge on any atom is -0.365 e. The molecule has 8 heteroatoms. The Morgan fingerprint density at radius 3 is 2.81 bits per heavy atom. The molecule has 1 amide bonds. The van der Waals surface area contributed by atoms with Gasteiger partial charge in [0.1, 0.15) is 11.5 Å². The Hall–Kier alpha value is -3.81. The second-order valence-electron chi connectivity index (χ2n) is 7.77. The third-order valence-corrected chi connectivity index (χ3v) is 5.63. The van der Waals surface area contributed by atoms with Gasteiger partial charge in [-0.15, -0.1) is 0 Å². The van der Waals surface area contributed by atoms with Crippen molar-refractivity contribution in [3.8, 4) is 0 Å².